The molecular weight excluding hydrogens is 375 g/mol. The monoisotopic (exact) mass is 402 g/mol. The molecule has 0 radical (unpaired) electrons. The van der Waals surface area contributed by atoms with E-state index in [4.69, 9.17) is 0 Å². The van der Waals surface area contributed by atoms with Crippen LogP contribution in [-0.2, 0) is 14.8 Å². The zero-order valence-corrected chi connectivity index (χ0v) is 17.1. The van der Waals surface area contributed by atoms with Crippen molar-refractivity contribution in [1.82, 2.24) is 9.62 Å². The first-order chi connectivity index (χ1) is 12.1. The Labute approximate surface area is 159 Å². The van der Waals surface area contributed by atoms with E-state index in [1.54, 1.807) is 11.8 Å². The minimum atomic E-state index is -3.71. The van der Waals surface area contributed by atoms with Crippen molar-refractivity contribution in [2.75, 3.05) is 25.4 Å². The lowest BCUT2D eigenvalue weighted by molar-refractivity contribution is -0.125. The van der Waals surface area contributed by atoms with Gasteiger partial charge in [0.25, 0.3) is 0 Å². The second-order valence-corrected chi connectivity index (χ2v) is 11.3. The van der Waals surface area contributed by atoms with Gasteiger partial charge >= 0.3 is 0 Å². The molecule has 1 N–H and O–H groups in total. The number of benzene rings is 1. The Morgan fingerprint density at radius 3 is 2.58 bits per heavy atom. The number of sulfonamides is 1. The molecule has 1 saturated heterocycles. The fourth-order valence-corrected chi connectivity index (χ4v) is 5.15. The summed E-state index contributed by atoms with van der Waals surface area (Å²) in [6.07, 6.45) is 1.31. The van der Waals surface area contributed by atoms with E-state index in [-0.39, 0.29) is 28.0 Å². The van der Waals surface area contributed by atoms with Crippen molar-refractivity contribution >= 4 is 27.7 Å². The van der Waals surface area contributed by atoms with Crippen molar-refractivity contribution in [2.24, 2.45) is 5.92 Å². The number of thioether (sulfide) groups is 1. The van der Waals surface area contributed by atoms with E-state index < -0.39 is 15.8 Å². The summed E-state index contributed by atoms with van der Waals surface area (Å²) in [6, 6.07) is 4.79. The van der Waals surface area contributed by atoms with Crippen LogP contribution in [0.3, 0.4) is 0 Å². The fourth-order valence-electron chi connectivity index (χ4n) is 2.81. The van der Waals surface area contributed by atoms with Gasteiger partial charge in [0.2, 0.25) is 15.9 Å². The van der Waals surface area contributed by atoms with E-state index in [2.05, 4.69) is 26.1 Å². The average Bonchev–Trinajstić information content (AvgIpc) is 2.58. The molecule has 1 aliphatic heterocycles. The Hall–Kier alpha value is -1.12. The summed E-state index contributed by atoms with van der Waals surface area (Å²) >= 11 is 1.77. The van der Waals surface area contributed by atoms with Crippen LogP contribution in [0.5, 0.6) is 0 Å². The van der Waals surface area contributed by atoms with Gasteiger partial charge in [-0.1, -0.05) is 20.8 Å². The number of rotatable bonds is 6. The number of halogens is 1. The molecule has 1 aromatic rings. The van der Waals surface area contributed by atoms with Gasteiger partial charge in [-0.15, -0.1) is 0 Å². The maximum atomic E-state index is 13.0. The van der Waals surface area contributed by atoms with Crippen molar-refractivity contribution in [3.8, 4) is 0 Å². The Balaban J connectivity index is 1.93. The normalized spacial score (nSPS) is 19.3. The number of carbonyl (C=O) groups excluding carboxylic acids is 1. The topological polar surface area (TPSA) is 66.5 Å². The predicted molar refractivity (Wildman–Crippen MR) is 103 cm³/mol. The molecule has 8 heteroatoms. The molecule has 1 heterocycles. The largest absolute Gasteiger partial charge is 0.355 e. The van der Waals surface area contributed by atoms with E-state index in [1.807, 2.05) is 0 Å². The van der Waals surface area contributed by atoms with E-state index >= 15 is 0 Å². The number of piperidine rings is 1. The number of nitrogens with one attached hydrogen (secondary N) is 1. The molecule has 0 bridgehead atoms. The molecule has 1 atom stereocenters. The minimum absolute atomic E-state index is 0.0570. The quantitative estimate of drug-likeness (QED) is 0.743. The molecule has 0 aliphatic carbocycles. The summed E-state index contributed by atoms with van der Waals surface area (Å²) in [6.45, 7) is 7.49. The number of carbonyl (C=O) groups is 1. The van der Waals surface area contributed by atoms with Crippen LogP contribution in [0.1, 0.15) is 33.6 Å². The van der Waals surface area contributed by atoms with E-state index in [1.165, 1.54) is 16.4 Å². The fraction of sp³-hybridized carbons (Fsp3) is 0.611. The van der Waals surface area contributed by atoms with Gasteiger partial charge < -0.3 is 5.32 Å². The third kappa shape index (κ3) is 5.96. The average molecular weight is 403 g/mol. The van der Waals surface area contributed by atoms with E-state index in [9.17, 15) is 17.6 Å². The molecule has 2 rings (SSSR count). The highest BCUT2D eigenvalue weighted by Gasteiger charge is 2.33. The van der Waals surface area contributed by atoms with Gasteiger partial charge in [0.15, 0.2) is 0 Å². The number of hydrogen-bond donors (Lipinski definition) is 1. The van der Waals surface area contributed by atoms with E-state index in [0.29, 0.717) is 25.9 Å². The highest BCUT2D eigenvalue weighted by molar-refractivity contribution is 8.00. The number of hydrogen-bond acceptors (Lipinski definition) is 4. The first kappa shape index (κ1) is 21.2. The van der Waals surface area contributed by atoms with Gasteiger partial charge in [-0.2, -0.15) is 16.1 Å². The molecule has 146 valence electrons. The third-order valence-corrected chi connectivity index (χ3v) is 7.30. The molecule has 1 amide bonds. The van der Waals surface area contributed by atoms with Gasteiger partial charge in [-0.05, 0) is 37.1 Å². The maximum Gasteiger partial charge on any atom is 0.243 e. The van der Waals surface area contributed by atoms with Crippen molar-refractivity contribution < 1.29 is 17.6 Å². The molecule has 1 fully saturated rings. The molecular formula is C18H27FN2O3S2. The SMILES string of the molecule is CC(C)(C)SCCNC(=O)[C@H]1CCCN(S(=O)(=O)c2ccc(F)cc2)C1. The smallest absolute Gasteiger partial charge is 0.243 e. The highest BCUT2D eigenvalue weighted by atomic mass is 32.2. The van der Waals surface area contributed by atoms with Crippen molar-refractivity contribution in [3.63, 3.8) is 0 Å². The molecule has 0 spiro atoms. The summed E-state index contributed by atoms with van der Waals surface area (Å²) in [5.74, 6) is -0.107. The minimum Gasteiger partial charge on any atom is -0.355 e. The summed E-state index contributed by atoms with van der Waals surface area (Å²) < 4.78 is 39.9. The second-order valence-electron chi connectivity index (χ2n) is 7.41. The Kier molecular flexibility index (Phi) is 7.10. The molecule has 0 saturated carbocycles. The molecule has 1 aliphatic rings. The number of amides is 1. The number of nitrogens with zero attached hydrogens (tertiary/aromatic N) is 1. The lowest BCUT2D eigenvalue weighted by atomic mass is 9.99. The Morgan fingerprint density at radius 1 is 1.31 bits per heavy atom. The molecule has 0 unspecified atom stereocenters. The van der Waals surface area contributed by atoms with Crippen LogP contribution >= 0.6 is 11.8 Å². The molecule has 26 heavy (non-hydrogen) atoms. The summed E-state index contributed by atoms with van der Waals surface area (Å²) in [5, 5.41) is 2.91. The van der Waals surface area contributed by atoms with Crippen LogP contribution in [0, 0.1) is 11.7 Å². The first-order valence-corrected chi connectivity index (χ1v) is 11.2. The lowest BCUT2D eigenvalue weighted by Gasteiger charge is -2.31. The zero-order chi connectivity index (χ0) is 19.4. The first-order valence-electron chi connectivity index (χ1n) is 8.77. The third-order valence-electron chi connectivity index (χ3n) is 4.14. The van der Waals surface area contributed by atoms with Crippen LogP contribution in [0.4, 0.5) is 4.39 Å². The van der Waals surface area contributed by atoms with Crippen LogP contribution < -0.4 is 5.32 Å². The van der Waals surface area contributed by atoms with Gasteiger partial charge in [-0.25, -0.2) is 12.8 Å². The van der Waals surface area contributed by atoms with E-state index in [0.717, 1.165) is 17.9 Å². The van der Waals surface area contributed by atoms with Gasteiger partial charge in [0.05, 0.1) is 10.8 Å². The van der Waals surface area contributed by atoms with Crippen LogP contribution in [-0.4, -0.2) is 48.8 Å². The standard InChI is InChI=1S/C18H27FN2O3S2/c1-18(2,3)25-12-10-20-17(22)14-5-4-11-21(13-14)26(23,24)16-8-6-15(19)7-9-16/h6-9,14H,4-5,10-13H2,1-3H3,(H,20,22)/t14-/m0/s1. The Morgan fingerprint density at radius 2 is 1.96 bits per heavy atom. The highest BCUT2D eigenvalue weighted by Crippen LogP contribution is 2.25. The van der Waals surface area contributed by atoms with Crippen molar-refractivity contribution in [1.29, 1.82) is 0 Å². The van der Waals surface area contributed by atoms with Crippen LogP contribution in [0.2, 0.25) is 0 Å². The van der Waals surface area contributed by atoms with Gasteiger partial charge in [0.1, 0.15) is 5.82 Å². The molecule has 0 aromatic heterocycles. The van der Waals surface area contributed by atoms with Crippen LogP contribution in [0.25, 0.3) is 0 Å². The lowest BCUT2D eigenvalue weighted by Crippen LogP contribution is -2.45. The van der Waals surface area contributed by atoms with Crippen molar-refractivity contribution in [2.45, 2.75) is 43.3 Å². The Bertz CT molecular complexity index is 715. The predicted octanol–water partition coefficient (Wildman–Crippen LogP) is 2.87. The maximum absolute atomic E-state index is 13.0. The van der Waals surface area contributed by atoms with Crippen LogP contribution in [0.15, 0.2) is 29.2 Å². The summed E-state index contributed by atoms with van der Waals surface area (Å²) in [7, 11) is -3.71. The summed E-state index contributed by atoms with van der Waals surface area (Å²) in [4.78, 5) is 12.4. The summed E-state index contributed by atoms with van der Waals surface area (Å²) in [5.41, 5.74) is 0. The molecule has 1 aromatic carbocycles. The van der Waals surface area contributed by atoms with Crippen molar-refractivity contribution in [3.05, 3.63) is 30.1 Å². The zero-order valence-electron chi connectivity index (χ0n) is 15.5. The second kappa shape index (κ2) is 8.71. The van der Waals surface area contributed by atoms with Gasteiger partial charge in [0, 0.05) is 30.1 Å². The van der Waals surface area contributed by atoms with Gasteiger partial charge in [-0.3, -0.25) is 4.79 Å². The molecule has 5 nitrogen and oxygen atoms in total.